The van der Waals surface area contributed by atoms with Crippen molar-refractivity contribution < 1.29 is 9.59 Å². The summed E-state index contributed by atoms with van der Waals surface area (Å²) >= 11 is 0. The third-order valence-electron chi connectivity index (χ3n) is 4.68. The molecule has 0 N–H and O–H groups in total. The Morgan fingerprint density at radius 1 is 0.458 bits per heavy atom. The number of carbonyl (C=O) groups excluding carboxylic acids is 2. The van der Waals surface area contributed by atoms with Gasteiger partial charge in [0.05, 0.1) is 0 Å². The Labute approximate surface area is 137 Å². The smallest absolute Gasteiger partial charge is 0.226 e. The molecule has 0 fully saturated rings. The molecule has 5 rings (SSSR count). The Balaban J connectivity index is 1.91. The van der Waals surface area contributed by atoms with E-state index in [4.69, 9.17) is 0 Å². The van der Waals surface area contributed by atoms with Gasteiger partial charge in [0.1, 0.15) is 0 Å². The first-order valence-electron chi connectivity index (χ1n) is 7.85. The highest BCUT2D eigenvalue weighted by atomic mass is 16.2. The van der Waals surface area contributed by atoms with E-state index in [2.05, 4.69) is 36.4 Å². The van der Waals surface area contributed by atoms with Gasteiger partial charge in [0, 0.05) is 0 Å². The number of hydrogen-bond acceptors (Lipinski definition) is 2. The lowest BCUT2D eigenvalue weighted by molar-refractivity contribution is -0.129. The van der Waals surface area contributed by atoms with Gasteiger partial charge in [0.15, 0.2) is 0 Å². The molecule has 112 valence electrons. The zero-order valence-corrected chi connectivity index (χ0v) is 12.7. The number of hydrogen-bond donors (Lipinski definition) is 0. The maximum absolute atomic E-state index is 11.6. The van der Waals surface area contributed by atoms with Gasteiger partial charge in [-0.25, -0.2) is 0 Å². The summed E-state index contributed by atoms with van der Waals surface area (Å²) < 4.78 is 0. The SMILES string of the molecule is O=C1C=c2cc3cc4cc5ccccc5cc4cc3cc2=CC1=O. The fourth-order valence-corrected chi connectivity index (χ4v) is 3.45. The highest BCUT2D eigenvalue weighted by Gasteiger charge is 2.12. The first-order chi connectivity index (χ1) is 11.7. The molecule has 0 unspecified atom stereocenters. The van der Waals surface area contributed by atoms with Crippen LogP contribution in [0, 0.1) is 0 Å². The van der Waals surface area contributed by atoms with Crippen LogP contribution in [-0.2, 0) is 9.59 Å². The molecule has 2 nitrogen and oxygen atoms in total. The zero-order valence-electron chi connectivity index (χ0n) is 12.7. The van der Waals surface area contributed by atoms with Crippen LogP contribution in [0.2, 0.25) is 0 Å². The number of rotatable bonds is 0. The third-order valence-corrected chi connectivity index (χ3v) is 4.68. The molecule has 1 aliphatic rings. The standard InChI is InChI=1S/C22H12O2/c23-21-11-19-9-17-7-15-5-13-3-1-2-4-14(13)6-16(15)8-18(17)10-20(19)12-22(21)24/h1-12H. The van der Waals surface area contributed by atoms with Crippen molar-refractivity contribution in [3.8, 4) is 0 Å². The summed E-state index contributed by atoms with van der Waals surface area (Å²) in [5.41, 5.74) is 0. The van der Waals surface area contributed by atoms with Crippen molar-refractivity contribution in [1.82, 2.24) is 0 Å². The predicted octanol–water partition coefficient (Wildman–Crippen LogP) is 2.86. The minimum absolute atomic E-state index is 0.450. The van der Waals surface area contributed by atoms with Gasteiger partial charge in [0.25, 0.3) is 0 Å². The van der Waals surface area contributed by atoms with Gasteiger partial charge >= 0.3 is 0 Å². The van der Waals surface area contributed by atoms with Crippen molar-refractivity contribution >= 4 is 56.0 Å². The minimum atomic E-state index is -0.450. The molecule has 0 atom stereocenters. The Hall–Kier alpha value is -3.26. The third kappa shape index (κ3) is 1.90. The van der Waals surface area contributed by atoms with Gasteiger partial charge < -0.3 is 0 Å². The predicted molar refractivity (Wildman–Crippen MR) is 97.2 cm³/mol. The van der Waals surface area contributed by atoms with E-state index >= 15 is 0 Å². The van der Waals surface area contributed by atoms with Crippen LogP contribution in [0.3, 0.4) is 0 Å². The fraction of sp³-hybridized carbons (Fsp3) is 0. The van der Waals surface area contributed by atoms with Crippen molar-refractivity contribution in [2.24, 2.45) is 0 Å². The molecule has 24 heavy (non-hydrogen) atoms. The molecular weight excluding hydrogens is 296 g/mol. The molecule has 0 bridgehead atoms. The Kier molecular flexibility index (Phi) is 2.54. The van der Waals surface area contributed by atoms with E-state index in [1.54, 1.807) is 0 Å². The molecule has 0 saturated carbocycles. The van der Waals surface area contributed by atoms with E-state index in [0.717, 1.165) is 21.2 Å². The lowest BCUT2D eigenvalue weighted by Gasteiger charge is -2.07. The van der Waals surface area contributed by atoms with Gasteiger partial charge in [-0.05, 0) is 91.3 Å². The minimum Gasteiger partial charge on any atom is -0.286 e. The number of carbonyl (C=O) groups is 2. The fourth-order valence-electron chi connectivity index (χ4n) is 3.45. The summed E-state index contributed by atoms with van der Waals surface area (Å²) in [5.74, 6) is -0.901. The van der Waals surface area contributed by atoms with Gasteiger partial charge in [0.2, 0.25) is 11.6 Å². The summed E-state index contributed by atoms with van der Waals surface area (Å²) in [5, 5.41) is 8.53. The van der Waals surface area contributed by atoms with E-state index in [1.165, 1.54) is 33.7 Å². The zero-order chi connectivity index (χ0) is 16.3. The largest absolute Gasteiger partial charge is 0.286 e. The molecule has 0 amide bonds. The first kappa shape index (κ1) is 13.2. The van der Waals surface area contributed by atoms with Crippen molar-refractivity contribution in [2.75, 3.05) is 0 Å². The molecular formula is C22H12O2. The van der Waals surface area contributed by atoms with E-state index in [-0.39, 0.29) is 0 Å². The van der Waals surface area contributed by atoms with Crippen molar-refractivity contribution in [1.29, 1.82) is 0 Å². The van der Waals surface area contributed by atoms with Crippen LogP contribution >= 0.6 is 0 Å². The summed E-state index contributed by atoms with van der Waals surface area (Å²) in [6.45, 7) is 0. The molecule has 4 aromatic rings. The van der Waals surface area contributed by atoms with E-state index < -0.39 is 11.6 Å². The van der Waals surface area contributed by atoms with Gasteiger partial charge in [-0.3, -0.25) is 9.59 Å². The molecule has 0 heterocycles. The lowest BCUT2D eigenvalue weighted by atomic mass is 9.97. The topological polar surface area (TPSA) is 34.1 Å². The van der Waals surface area contributed by atoms with Crippen LogP contribution < -0.4 is 10.4 Å². The Morgan fingerprint density at radius 2 is 0.833 bits per heavy atom. The quantitative estimate of drug-likeness (QED) is 0.370. The van der Waals surface area contributed by atoms with Crippen LogP contribution in [0.15, 0.2) is 60.7 Å². The number of Topliss-reactive ketones (excluding diaryl/α,β-unsaturated/α-hetero) is 2. The van der Waals surface area contributed by atoms with Crippen molar-refractivity contribution in [3.63, 3.8) is 0 Å². The number of ketones is 2. The summed E-state index contributed by atoms with van der Waals surface area (Å²) in [6.07, 6.45) is 2.86. The first-order valence-corrected chi connectivity index (χ1v) is 7.85. The number of fused-ring (bicyclic) bond motifs is 4. The molecule has 0 aromatic heterocycles. The maximum atomic E-state index is 11.6. The lowest BCUT2D eigenvalue weighted by Crippen LogP contribution is -2.33. The normalized spacial score (nSPS) is 13.8. The van der Waals surface area contributed by atoms with E-state index in [9.17, 15) is 9.59 Å². The highest BCUT2D eigenvalue weighted by Crippen LogP contribution is 2.26. The Morgan fingerprint density at radius 3 is 1.29 bits per heavy atom. The second-order valence-electron chi connectivity index (χ2n) is 6.24. The van der Waals surface area contributed by atoms with Crippen LogP contribution in [0.4, 0.5) is 0 Å². The average Bonchev–Trinajstić information content (AvgIpc) is 2.58. The molecule has 0 aliphatic heterocycles. The Bertz CT molecular complexity index is 1220. The van der Waals surface area contributed by atoms with Crippen molar-refractivity contribution in [3.05, 3.63) is 71.1 Å². The van der Waals surface area contributed by atoms with Crippen LogP contribution in [-0.4, -0.2) is 11.6 Å². The average molecular weight is 308 g/mol. The van der Waals surface area contributed by atoms with Gasteiger partial charge in [-0.2, -0.15) is 0 Å². The molecule has 2 heteroatoms. The second kappa shape index (κ2) is 4.62. The van der Waals surface area contributed by atoms with Crippen LogP contribution in [0.25, 0.3) is 44.5 Å². The molecule has 0 spiro atoms. The van der Waals surface area contributed by atoms with E-state index in [1.807, 2.05) is 24.3 Å². The number of benzene rings is 4. The maximum Gasteiger partial charge on any atom is 0.226 e. The molecule has 0 saturated heterocycles. The van der Waals surface area contributed by atoms with Crippen molar-refractivity contribution in [2.45, 2.75) is 0 Å². The van der Waals surface area contributed by atoms with Gasteiger partial charge in [-0.1, -0.05) is 24.3 Å². The molecule has 4 aromatic carbocycles. The summed E-state index contributed by atoms with van der Waals surface area (Å²) in [4.78, 5) is 23.2. The summed E-state index contributed by atoms with van der Waals surface area (Å²) in [6, 6.07) is 20.9. The van der Waals surface area contributed by atoms with Crippen LogP contribution in [0.1, 0.15) is 0 Å². The monoisotopic (exact) mass is 308 g/mol. The highest BCUT2D eigenvalue weighted by molar-refractivity contribution is 6.57. The van der Waals surface area contributed by atoms with E-state index in [0.29, 0.717) is 0 Å². The molecule has 0 radical (unpaired) electrons. The summed E-state index contributed by atoms with van der Waals surface area (Å²) in [7, 11) is 0. The van der Waals surface area contributed by atoms with Crippen LogP contribution in [0.5, 0.6) is 0 Å². The van der Waals surface area contributed by atoms with Gasteiger partial charge in [-0.15, -0.1) is 0 Å². The second-order valence-corrected chi connectivity index (χ2v) is 6.24. The molecule has 1 aliphatic carbocycles.